The van der Waals surface area contributed by atoms with E-state index in [1.54, 1.807) is 19.2 Å². The van der Waals surface area contributed by atoms with Gasteiger partial charge < -0.3 is 9.88 Å². The number of nitrogens with zero attached hydrogens (tertiary/aromatic N) is 2. The van der Waals surface area contributed by atoms with Crippen LogP contribution in [-0.4, -0.2) is 9.13 Å². The summed E-state index contributed by atoms with van der Waals surface area (Å²) in [5.74, 6) is 0. The van der Waals surface area contributed by atoms with Gasteiger partial charge in [0.2, 0.25) is 0 Å². The van der Waals surface area contributed by atoms with Gasteiger partial charge in [-0.15, -0.1) is 0 Å². The van der Waals surface area contributed by atoms with Gasteiger partial charge in [0.1, 0.15) is 0 Å². The second-order valence-corrected chi connectivity index (χ2v) is 6.10. The van der Waals surface area contributed by atoms with Crippen LogP contribution in [0.1, 0.15) is 5.56 Å². The SMILES string of the molecule is Cn1cc(CNc2ccc(Br)c(Cl)c2Cl)c(=O)n(C)c1=O. The van der Waals surface area contributed by atoms with Crippen molar-refractivity contribution in [1.29, 1.82) is 0 Å². The molecule has 0 saturated carbocycles. The van der Waals surface area contributed by atoms with Gasteiger partial charge in [-0.1, -0.05) is 23.2 Å². The predicted molar refractivity (Wildman–Crippen MR) is 88.4 cm³/mol. The van der Waals surface area contributed by atoms with Gasteiger partial charge in [-0.3, -0.25) is 9.36 Å². The van der Waals surface area contributed by atoms with E-state index >= 15 is 0 Å². The van der Waals surface area contributed by atoms with Crippen molar-refractivity contribution in [3.63, 3.8) is 0 Å². The highest BCUT2D eigenvalue weighted by atomic mass is 79.9. The minimum absolute atomic E-state index is 0.235. The van der Waals surface area contributed by atoms with E-state index in [0.717, 1.165) is 4.57 Å². The van der Waals surface area contributed by atoms with Crippen molar-refractivity contribution in [1.82, 2.24) is 9.13 Å². The Morgan fingerprint density at radius 1 is 1.19 bits per heavy atom. The molecule has 0 amide bonds. The second kappa shape index (κ2) is 6.25. The largest absolute Gasteiger partial charge is 0.379 e. The highest BCUT2D eigenvalue weighted by Gasteiger charge is 2.10. The molecule has 0 atom stereocenters. The molecule has 1 aromatic heterocycles. The normalized spacial score (nSPS) is 10.7. The van der Waals surface area contributed by atoms with Gasteiger partial charge in [0.25, 0.3) is 5.56 Å². The maximum absolute atomic E-state index is 12.0. The Kier molecular flexibility index (Phi) is 4.81. The van der Waals surface area contributed by atoms with Crippen molar-refractivity contribution < 1.29 is 0 Å². The molecular formula is C13H12BrCl2N3O2. The standard InChI is InChI=1S/C13H12BrCl2N3O2/c1-18-6-7(12(20)19(2)13(18)21)5-17-9-4-3-8(14)10(15)11(9)16/h3-4,6,17H,5H2,1-2H3. The molecule has 2 rings (SSSR count). The predicted octanol–water partition coefficient (Wildman–Crippen LogP) is 2.77. The number of aryl methyl sites for hydroxylation is 1. The molecule has 0 fully saturated rings. The van der Waals surface area contributed by atoms with Crippen LogP contribution in [-0.2, 0) is 20.6 Å². The summed E-state index contributed by atoms with van der Waals surface area (Å²) in [5, 5.41) is 3.81. The van der Waals surface area contributed by atoms with E-state index in [2.05, 4.69) is 21.2 Å². The van der Waals surface area contributed by atoms with Crippen molar-refractivity contribution in [2.75, 3.05) is 5.32 Å². The molecule has 21 heavy (non-hydrogen) atoms. The lowest BCUT2D eigenvalue weighted by molar-refractivity contribution is 0.671. The van der Waals surface area contributed by atoms with Crippen LogP contribution in [0, 0.1) is 0 Å². The van der Waals surface area contributed by atoms with Gasteiger partial charge in [0.05, 0.1) is 21.3 Å². The summed E-state index contributed by atoms with van der Waals surface area (Å²) >= 11 is 15.4. The van der Waals surface area contributed by atoms with E-state index < -0.39 is 0 Å². The van der Waals surface area contributed by atoms with Crippen molar-refractivity contribution in [3.8, 4) is 0 Å². The Bertz CT molecular complexity index is 814. The average molecular weight is 393 g/mol. The monoisotopic (exact) mass is 391 g/mol. The Morgan fingerprint density at radius 2 is 1.86 bits per heavy atom. The molecule has 0 aliphatic carbocycles. The highest BCUT2D eigenvalue weighted by Crippen LogP contribution is 2.35. The van der Waals surface area contributed by atoms with E-state index in [0.29, 0.717) is 25.8 Å². The van der Waals surface area contributed by atoms with Crippen LogP contribution < -0.4 is 16.6 Å². The lowest BCUT2D eigenvalue weighted by atomic mass is 10.3. The number of benzene rings is 1. The first kappa shape index (κ1) is 16.1. The van der Waals surface area contributed by atoms with Crippen LogP contribution >= 0.6 is 39.1 Å². The van der Waals surface area contributed by atoms with Crippen molar-refractivity contribution in [2.45, 2.75) is 6.54 Å². The van der Waals surface area contributed by atoms with Crippen molar-refractivity contribution in [3.05, 3.63) is 59.2 Å². The van der Waals surface area contributed by atoms with Gasteiger partial charge in [-0.05, 0) is 28.1 Å². The van der Waals surface area contributed by atoms with E-state index in [1.165, 1.54) is 17.8 Å². The van der Waals surface area contributed by atoms with E-state index in [4.69, 9.17) is 23.2 Å². The van der Waals surface area contributed by atoms with Crippen LogP contribution in [0.15, 0.2) is 32.4 Å². The van der Waals surface area contributed by atoms with Gasteiger partial charge >= 0.3 is 5.69 Å². The summed E-state index contributed by atoms with van der Waals surface area (Å²) in [6, 6.07) is 3.51. The summed E-state index contributed by atoms with van der Waals surface area (Å²) in [5.41, 5.74) is 0.355. The zero-order valence-electron chi connectivity index (χ0n) is 11.3. The van der Waals surface area contributed by atoms with E-state index in [9.17, 15) is 9.59 Å². The molecule has 8 heteroatoms. The molecular weight excluding hydrogens is 381 g/mol. The third-order valence-electron chi connectivity index (χ3n) is 3.02. The maximum Gasteiger partial charge on any atom is 0.330 e. The number of hydrogen-bond acceptors (Lipinski definition) is 3. The summed E-state index contributed by atoms with van der Waals surface area (Å²) < 4.78 is 3.11. The number of aromatic nitrogens is 2. The maximum atomic E-state index is 12.0. The Morgan fingerprint density at radius 3 is 2.52 bits per heavy atom. The first-order valence-electron chi connectivity index (χ1n) is 5.96. The first-order chi connectivity index (χ1) is 9.82. The van der Waals surface area contributed by atoms with Crippen LogP contribution in [0.5, 0.6) is 0 Å². The average Bonchev–Trinajstić information content (AvgIpc) is 2.46. The summed E-state index contributed by atoms with van der Waals surface area (Å²) in [6.45, 7) is 0.235. The quantitative estimate of drug-likeness (QED) is 0.817. The van der Waals surface area contributed by atoms with Crippen LogP contribution in [0.3, 0.4) is 0 Å². The molecule has 0 saturated heterocycles. The summed E-state index contributed by atoms with van der Waals surface area (Å²) in [7, 11) is 3.03. The topological polar surface area (TPSA) is 56.0 Å². The van der Waals surface area contributed by atoms with Crippen molar-refractivity contribution in [2.24, 2.45) is 14.1 Å². The Balaban J connectivity index is 2.32. The van der Waals surface area contributed by atoms with Crippen LogP contribution in [0.2, 0.25) is 10.0 Å². The highest BCUT2D eigenvalue weighted by molar-refractivity contribution is 9.10. The smallest absolute Gasteiger partial charge is 0.330 e. The minimum Gasteiger partial charge on any atom is -0.379 e. The Hall–Kier alpha value is -1.24. The fraction of sp³-hybridized carbons (Fsp3) is 0.231. The number of hydrogen-bond donors (Lipinski definition) is 1. The molecule has 0 aliphatic rings. The zero-order chi connectivity index (χ0) is 15.7. The van der Waals surface area contributed by atoms with Gasteiger partial charge in [0.15, 0.2) is 0 Å². The minimum atomic E-state index is -0.367. The molecule has 112 valence electrons. The molecule has 5 nitrogen and oxygen atoms in total. The number of halogens is 3. The van der Waals surface area contributed by atoms with E-state index in [-0.39, 0.29) is 17.8 Å². The van der Waals surface area contributed by atoms with Crippen LogP contribution in [0.4, 0.5) is 5.69 Å². The van der Waals surface area contributed by atoms with Gasteiger partial charge in [-0.2, -0.15) is 0 Å². The molecule has 0 bridgehead atoms. The number of rotatable bonds is 3. The third-order valence-corrected chi connectivity index (χ3v) is 4.79. The molecule has 0 unspecified atom stereocenters. The molecule has 2 aromatic rings. The van der Waals surface area contributed by atoms with Crippen LogP contribution in [0.25, 0.3) is 0 Å². The number of anilines is 1. The third kappa shape index (κ3) is 3.17. The fourth-order valence-corrected chi connectivity index (χ4v) is 2.70. The number of nitrogens with one attached hydrogen (secondary N) is 1. The molecule has 1 heterocycles. The zero-order valence-corrected chi connectivity index (χ0v) is 14.4. The van der Waals surface area contributed by atoms with Crippen molar-refractivity contribution >= 4 is 44.8 Å². The van der Waals surface area contributed by atoms with Gasteiger partial charge in [0, 0.05) is 31.3 Å². The summed E-state index contributed by atoms with van der Waals surface area (Å²) in [6.07, 6.45) is 1.51. The molecule has 0 aliphatic heterocycles. The lowest BCUT2D eigenvalue weighted by Crippen LogP contribution is -2.38. The first-order valence-corrected chi connectivity index (χ1v) is 7.50. The second-order valence-electron chi connectivity index (χ2n) is 4.49. The molecule has 0 spiro atoms. The molecule has 1 aromatic carbocycles. The van der Waals surface area contributed by atoms with E-state index in [1.807, 2.05) is 0 Å². The fourth-order valence-electron chi connectivity index (χ4n) is 1.86. The van der Waals surface area contributed by atoms with Gasteiger partial charge in [-0.25, -0.2) is 4.79 Å². The molecule has 1 N–H and O–H groups in total. The summed E-state index contributed by atoms with van der Waals surface area (Å²) in [4.78, 5) is 23.6. The Labute approximate surface area is 139 Å². The lowest BCUT2D eigenvalue weighted by Gasteiger charge is -2.11. The molecule has 0 radical (unpaired) electrons.